The van der Waals surface area contributed by atoms with Gasteiger partial charge in [-0.2, -0.15) is 0 Å². The minimum Gasteiger partial charge on any atom is -0.355 e. The Labute approximate surface area is 134 Å². The first kappa shape index (κ1) is 16.1. The quantitative estimate of drug-likeness (QED) is 0.892. The highest BCUT2D eigenvalue weighted by Crippen LogP contribution is 2.31. The van der Waals surface area contributed by atoms with E-state index in [1.165, 1.54) is 0 Å². The molecule has 114 valence electrons. The Bertz CT molecular complexity index is 518. The number of piperidine rings is 1. The van der Waals surface area contributed by atoms with Crippen LogP contribution in [0.2, 0.25) is 10.0 Å². The van der Waals surface area contributed by atoms with Crippen LogP contribution in [0.25, 0.3) is 0 Å². The zero-order chi connectivity index (χ0) is 15.4. The average Bonchev–Trinajstić information content (AvgIpc) is 2.45. The molecule has 0 bridgehead atoms. The van der Waals surface area contributed by atoms with Gasteiger partial charge in [0.05, 0.1) is 5.92 Å². The van der Waals surface area contributed by atoms with Gasteiger partial charge < -0.3 is 10.6 Å². The van der Waals surface area contributed by atoms with Gasteiger partial charge >= 0.3 is 0 Å². The minimum absolute atomic E-state index is 0.00951. The van der Waals surface area contributed by atoms with Crippen LogP contribution in [-0.4, -0.2) is 24.9 Å². The fourth-order valence-electron chi connectivity index (χ4n) is 2.44. The Kier molecular flexibility index (Phi) is 5.48. The van der Waals surface area contributed by atoms with Crippen LogP contribution in [-0.2, 0) is 9.59 Å². The number of nitrogens with one attached hydrogen (secondary N) is 2. The molecule has 0 unspecified atom stereocenters. The molecule has 21 heavy (non-hydrogen) atoms. The summed E-state index contributed by atoms with van der Waals surface area (Å²) >= 11 is 12.3. The summed E-state index contributed by atoms with van der Waals surface area (Å²) in [6.45, 7) is 2.84. The van der Waals surface area contributed by atoms with Gasteiger partial charge in [0, 0.05) is 35.5 Å². The molecule has 1 saturated heterocycles. The number of benzene rings is 1. The molecule has 2 atom stereocenters. The van der Waals surface area contributed by atoms with Crippen LogP contribution in [0.1, 0.15) is 31.2 Å². The molecule has 4 nitrogen and oxygen atoms in total. The Morgan fingerprint density at radius 1 is 1.43 bits per heavy atom. The molecule has 0 saturated carbocycles. The fourth-order valence-corrected chi connectivity index (χ4v) is 3.21. The lowest BCUT2D eigenvalue weighted by molar-refractivity contribution is -0.128. The van der Waals surface area contributed by atoms with Crippen molar-refractivity contribution < 1.29 is 9.59 Å². The molecule has 0 aliphatic carbocycles. The standard InChI is InChI=1S/C15H18Cl2N2O2/c1-9(14-11(16)3-2-4-12(14)17)7-19-15(21)10-5-6-13(20)18-8-10/h2-4,9-10H,5-8H2,1H3,(H,18,20)(H,19,21)/t9-,10+/m1/s1. The van der Waals surface area contributed by atoms with Crippen molar-refractivity contribution in [1.82, 2.24) is 10.6 Å². The molecule has 0 radical (unpaired) electrons. The summed E-state index contributed by atoms with van der Waals surface area (Å²) in [5.41, 5.74) is 0.845. The van der Waals surface area contributed by atoms with Crippen molar-refractivity contribution in [2.75, 3.05) is 13.1 Å². The first-order valence-electron chi connectivity index (χ1n) is 6.97. The van der Waals surface area contributed by atoms with Gasteiger partial charge in [-0.1, -0.05) is 36.2 Å². The monoisotopic (exact) mass is 328 g/mol. The second-order valence-electron chi connectivity index (χ2n) is 5.32. The van der Waals surface area contributed by atoms with Crippen LogP contribution >= 0.6 is 23.2 Å². The molecule has 2 rings (SSSR count). The van der Waals surface area contributed by atoms with Crippen molar-refractivity contribution in [3.8, 4) is 0 Å². The second kappa shape index (κ2) is 7.14. The van der Waals surface area contributed by atoms with Crippen molar-refractivity contribution in [2.45, 2.75) is 25.7 Å². The maximum atomic E-state index is 12.1. The maximum absolute atomic E-state index is 12.1. The fraction of sp³-hybridized carbons (Fsp3) is 0.467. The molecule has 6 heteroatoms. The van der Waals surface area contributed by atoms with E-state index in [0.717, 1.165) is 5.56 Å². The SMILES string of the molecule is C[C@H](CNC(=O)[C@H]1CCC(=O)NC1)c1c(Cl)cccc1Cl. The van der Waals surface area contributed by atoms with Gasteiger partial charge in [-0.3, -0.25) is 9.59 Å². The summed E-state index contributed by atoms with van der Waals surface area (Å²) in [7, 11) is 0. The highest BCUT2D eigenvalue weighted by Gasteiger charge is 2.25. The molecular formula is C15H18Cl2N2O2. The first-order valence-corrected chi connectivity index (χ1v) is 7.73. The van der Waals surface area contributed by atoms with Gasteiger partial charge in [-0.05, 0) is 24.1 Å². The minimum atomic E-state index is -0.156. The van der Waals surface area contributed by atoms with Crippen molar-refractivity contribution in [2.24, 2.45) is 5.92 Å². The van der Waals surface area contributed by atoms with Gasteiger partial charge in [0.15, 0.2) is 0 Å². The van der Waals surface area contributed by atoms with E-state index in [-0.39, 0.29) is 23.7 Å². The van der Waals surface area contributed by atoms with Gasteiger partial charge in [-0.15, -0.1) is 0 Å². The van der Waals surface area contributed by atoms with E-state index >= 15 is 0 Å². The highest BCUT2D eigenvalue weighted by atomic mass is 35.5. The summed E-state index contributed by atoms with van der Waals surface area (Å²) in [6, 6.07) is 5.37. The van der Waals surface area contributed by atoms with Gasteiger partial charge in [0.1, 0.15) is 0 Å². The Morgan fingerprint density at radius 2 is 2.10 bits per heavy atom. The van der Waals surface area contributed by atoms with Crippen LogP contribution in [0.15, 0.2) is 18.2 Å². The van der Waals surface area contributed by atoms with Gasteiger partial charge in [0.2, 0.25) is 11.8 Å². The maximum Gasteiger partial charge on any atom is 0.224 e. The summed E-state index contributed by atoms with van der Waals surface area (Å²) in [6.07, 6.45) is 1.00. The van der Waals surface area contributed by atoms with Gasteiger partial charge in [-0.25, -0.2) is 0 Å². The van der Waals surface area contributed by atoms with Crippen LogP contribution < -0.4 is 10.6 Å². The van der Waals surface area contributed by atoms with Crippen molar-refractivity contribution >= 4 is 35.0 Å². The molecule has 2 N–H and O–H groups in total. The lowest BCUT2D eigenvalue weighted by Crippen LogP contribution is -2.43. The molecule has 1 aromatic rings. The Balaban J connectivity index is 1.90. The van der Waals surface area contributed by atoms with Crippen LogP contribution in [0.5, 0.6) is 0 Å². The Hall–Kier alpha value is -1.26. The van der Waals surface area contributed by atoms with E-state index in [4.69, 9.17) is 23.2 Å². The molecule has 1 aliphatic heterocycles. The predicted octanol–water partition coefficient (Wildman–Crippen LogP) is 2.74. The highest BCUT2D eigenvalue weighted by molar-refractivity contribution is 6.36. The third-order valence-corrected chi connectivity index (χ3v) is 4.37. The lowest BCUT2D eigenvalue weighted by atomic mass is 9.97. The molecular weight excluding hydrogens is 311 g/mol. The molecule has 2 amide bonds. The molecule has 1 heterocycles. The molecule has 0 aromatic heterocycles. The summed E-state index contributed by atoms with van der Waals surface area (Å²) in [5.74, 6) is -0.162. The van der Waals surface area contributed by atoms with E-state index in [1.807, 2.05) is 6.92 Å². The van der Waals surface area contributed by atoms with Crippen molar-refractivity contribution in [3.05, 3.63) is 33.8 Å². The zero-order valence-corrected chi connectivity index (χ0v) is 13.3. The average molecular weight is 329 g/mol. The van der Waals surface area contributed by atoms with E-state index in [2.05, 4.69) is 10.6 Å². The largest absolute Gasteiger partial charge is 0.355 e. The van der Waals surface area contributed by atoms with Crippen molar-refractivity contribution in [1.29, 1.82) is 0 Å². The number of carbonyl (C=O) groups is 2. The van der Waals surface area contributed by atoms with E-state index in [0.29, 0.717) is 36.0 Å². The normalized spacial score (nSPS) is 19.8. The van der Waals surface area contributed by atoms with Gasteiger partial charge in [0.25, 0.3) is 0 Å². The number of hydrogen-bond acceptors (Lipinski definition) is 2. The van der Waals surface area contributed by atoms with Crippen LogP contribution in [0, 0.1) is 5.92 Å². The molecule has 1 aliphatic rings. The first-order chi connectivity index (χ1) is 9.99. The number of halogens is 2. The summed E-state index contributed by atoms with van der Waals surface area (Å²) in [5, 5.41) is 6.83. The topological polar surface area (TPSA) is 58.2 Å². The summed E-state index contributed by atoms with van der Waals surface area (Å²) in [4.78, 5) is 23.2. The molecule has 1 aromatic carbocycles. The van der Waals surface area contributed by atoms with Crippen LogP contribution in [0.3, 0.4) is 0 Å². The molecule has 1 fully saturated rings. The lowest BCUT2D eigenvalue weighted by Gasteiger charge is -2.23. The van der Waals surface area contributed by atoms with E-state index < -0.39 is 0 Å². The third kappa shape index (κ3) is 4.11. The van der Waals surface area contributed by atoms with Crippen molar-refractivity contribution in [3.63, 3.8) is 0 Å². The van der Waals surface area contributed by atoms with E-state index in [9.17, 15) is 9.59 Å². The number of carbonyl (C=O) groups excluding carboxylic acids is 2. The zero-order valence-electron chi connectivity index (χ0n) is 11.8. The third-order valence-electron chi connectivity index (χ3n) is 3.71. The number of amides is 2. The smallest absolute Gasteiger partial charge is 0.224 e. The molecule has 0 spiro atoms. The van der Waals surface area contributed by atoms with E-state index in [1.54, 1.807) is 18.2 Å². The predicted molar refractivity (Wildman–Crippen MR) is 83.6 cm³/mol. The number of hydrogen-bond donors (Lipinski definition) is 2. The summed E-state index contributed by atoms with van der Waals surface area (Å²) < 4.78 is 0. The number of rotatable bonds is 4. The van der Waals surface area contributed by atoms with Crippen LogP contribution in [0.4, 0.5) is 0 Å². The second-order valence-corrected chi connectivity index (χ2v) is 6.14. The Morgan fingerprint density at radius 3 is 2.67 bits per heavy atom.